The number of nitrogens with zero attached hydrogens (tertiary/aromatic N) is 3. The first kappa shape index (κ1) is 28.9. The molecule has 1 N–H and O–H groups in total. The Labute approximate surface area is 244 Å². The number of halogens is 1. The van der Waals surface area contributed by atoms with Crippen molar-refractivity contribution < 1.29 is 13.4 Å². The number of carbonyl (C=O) groups is 1. The van der Waals surface area contributed by atoms with Crippen molar-refractivity contribution in [3.63, 3.8) is 0 Å². The molecule has 3 aromatic carbocycles. The van der Waals surface area contributed by atoms with Gasteiger partial charge in [0.2, 0.25) is 5.91 Å². The number of hydrogen-bond acceptors (Lipinski definition) is 3. The van der Waals surface area contributed by atoms with Crippen LogP contribution < -0.4 is 9.62 Å². The molecule has 1 heterocycles. The van der Waals surface area contributed by atoms with Crippen LogP contribution in [-0.2, 0) is 35.8 Å². The molecule has 8 heteroatoms. The van der Waals surface area contributed by atoms with Gasteiger partial charge in [0.05, 0.1) is 11.4 Å². The van der Waals surface area contributed by atoms with E-state index in [9.17, 15) is 13.4 Å². The van der Waals surface area contributed by atoms with Crippen molar-refractivity contribution in [2.24, 2.45) is 13.0 Å². The highest BCUT2D eigenvalue weighted by Crippen LogP contribution is 2.49. The Balaban J connectivity index is 0.00000165. The van der Waals surface area contributed by atoms with Crippen LogP contribution in [0.15, 0.2) is 90.1 Å². The summed E-state index contributed by atoms with van der Waals surface area (Å²) in [6.45, 7) is 4.37. The van der Waals surface area contributed by atoms with Crippen LogP contribution >= 0.6 is 0 Å². The minimum Gasteiger partial charge on any atom is -0.337 e. The van der Waals surface area contributed by atoms with Crippen molar-refractivity contribution in [3.05, 3.63) is 114 Å². The van der Waals surface area contributed by atoms with E-state index >= 15 is 0 Å². The molecular weight excluding hydrogens is 535 g/mol. The largest absolute Gasteiger partial charge is 0.337 e. The lowest BCUT2D eigenvalue weighted by molar-refractivity contribution is -0.120. The van der Waals surface area contributed by atoms with Gasteiger partial charge in [-0.1, -0.05) is 56.3 Å². The lowest BCUT2D eigenvalue weighted by Gasteiger charge is -2.29. The van der Waals surface area contributed by atoms with Crippen molar-refractivity contribution in [3.8, 4) is 0 Å². The van der Waals surface area contributed by atoms with Crippen molar-refractivity contribution >= 4 is 22.6 Å². The van der Waals surface area contributed by atoms with Gasteiger partial charge in [-0.3, -0.25) is 4.79 Å². The molecule has 1 amide bonds. The molecule has 6 rings (SSSR count). The second kappa shape index (κ2) is 12.9. The molecule has 0 radical (unpaired) electrons. The number of fused-ring (bicyclic) bond motifs is 1. The van der Waals surface area contributed by atoms with Crippen LogP contribution in [0.1, 0.15) is 67.6 Å². The summed E-state index contributed by atoms with van der Waals surface area (Å²) in [5, 5.41) is 0. The molecule has 1 aromatic heterocycles. The van der Waals surface area contributed by atoms with E-state index in [0.29, 0.717) is 11.4 Å². The van der Waals surface area contributed by atoms with Gasteiger partial charge in [0.1, 0.15) is 22.6 Å². The normalized spacial score (nSPS) is 19.9. The Morgan fingerprint density at radius 2 is 1.90 bits per heavy atom. The number of imidazole rings is 1. The third-order valence-corrected chi connectivity index (χ3v) is 9.02. The van der Waals surface area contributed by atoms with Crippen LogP contribution in [0.25, 0.3) is 0 Å². The van der Waals surface area contributed by atoms with E-state index in [-0.39, 0.29) is 23.8 Å². The Kier molecular flexibility index (Phi) is 9.10. The summed E-state index contributed by atoms with van der Waals surface area (Å²) in [5.41, 5.74) is 4.22. The van der Waals surface area contributed by atoms with Gasteiger partial charge in [0.25, 0.3) is 0 Å². The molecule has 0 spiro atoms. The third kappa shape index (κ3) is 6.49. The van der Waals surface area contributed by atoms with E-state index < -0.39 is 16.8 Å². The van der Waals surface area contributed by atoms with Crippen LogP contribution in [0.5, 0.6) is 0 Å². The van der Waals surface area contributed by atoms with E-state index in [1.54, 1.807) is 18.3 Å². The predicted octanol–water partition coefficient (Wildman–Crippen LogP) is 6.61. The molecule has 4 aromatic rings. The maximum Gasteiger partial charge on any atom is 0.231 e. The van der Waals surface area contributed by atoms with Gasteiger partial charge in [-0.15, -0.1) is 0 Å². The fourth-order valence-corrected chi connectivity index (χ4v) is 6.64. The first-order chi connectivity index (χ1) is 20.0. The monoisotopic (exact) mass is 572 g/mol. The molecule has 1 fully saturated rings. The SMILES string of the molecule is CC.Cn1ccnc1CN(C(=O)[C@H]1C[C@@H]1c1ccccc1)c1ccc2c(c1)C(NS(=O)c1cccc(F)c1)CCC2. The molecule has 1 saturated carbocycles. The maximum absolute atomic E-state index is 14.0. The zero-order chi connectivity index (χ0) is 28.9. The number of rotatable bonds is 8. The zero-order valence-corrected chi connectivity index (χ0v) is 24.6. The van der Waals surface area contributed by atoms with Crippen molar-refractivity contribution in [2.45, 2.75) is 62.9 Å². The van der Waals surface area contributed by atoms with Crippen molar-refractivity contribution in [2.75, 3.05) is 4.90 Å². The molecule has 2 aliphatic rings. The highest BCUT2D eigenvalue weighted by Gasteiger charge is 2.46. The van der Waals surface area contributed by atoms with Crippen LogP contribution in [-0.4, -0.2) is 19.7 Å². The molecule has 0 saturated heterocycles. The summed E-state index contributed by atoms with van der Waals surface area (Å²) in [6.07, 6.45) is 7.16. The van der Waals surface area contributed by atoms with Crippen LogP contribution in [0.2, 0.25) is 0 Å². The van der Waals surface area contributed by atoms with Crippen LogP contribution in [0, 0.1) is 11.7 Å². The molecule has 6 nitrogen and oxygen atoms in total. The first-order valence-corrected chi connectivity index (χ1v) is 15.5. The number of amides is 1. The Morgan fingerprint density at radius 3 is 2.63 bits per heavy atom. The molecular formula is C33H37FN4O2S. The lowest BCUT2D eigenvalue weighted by atomic mass is 9.87. The maximum atomic E-state index is 14.0. The molecule has 2 unspecified atom stereocenters. The quantitative estimate of drug-likeness (QED) is 0.258. The van der Waals surface area contributed by atoms with Gasteiger partial charge in [0, 0.05) is 37.1 Å². The van der Waals surface area contributed by atoms with E-state index in [0.717, 1.165) is 42.8 Å². The number of nitrogens with one attached hydrogen (secondary N) is 1. The standard InChI is InChI=1S/C31H31FN4O2S.C2H6/c1-35-16-15-33-30(35)20-36(31(37)28-19-26(28)21-7-3-2-4-8-21)24-14-13-22-9-5-12-29(27(22)18-24)34-39(38)25-11-6-10-23(32)17-25;1-2/h2-4,6-8,10-11,13-18,26,28-29,34H,5,9,12,19-20H2,1H3;1-2H3/t26-,28+,29?,39?;/m1./s1. The molecule has 2 aliphatic carbocycles. The third-order valence-electron chi connectivity index (χ3n) is 7.84. The van der Waals surface area contributed by atoms with Crippen molar-refractivity contribution in [1.29, 1.82) is 0 Å². The van der Waals surface area contributed by atoms with Crippen molar-refractivity contribution in [1.82, 2.24) is 14.3 Å². The number of benzene rings is 3. The van der Waals surface area contributed by atoms with Crippen LogP contribution in [0.3, 0.4) is 0 Å². The highest BCUT2D eigenvalue weighted by atomic mass is 32.2. The summed E-state index contributed by atoms with van der Waals surface area (Å²) >= 11 is 0. The Bertz CT molecular complexity index is 1520. The summed E-state index contributed by atoms with van der Waals surface area (Å²) < 4.78 is 32.0. The predicted molar refractivity (Wildman–Crippen MR) is 161 cm³/mol. The van der Waals surface area contributed by atoms with E-state index in [1.807, 2.05) is 60.8 Å². The highest BCUT2D eigenvalue weighted by molar-refractivity contribution is 7.83. The van der Waals surface area contributed by atoms with Gasteiger partial charge in [-0.25, -0.2) is 18.3 Å². The van der Waals surface area contributed by atoms with Crippen LogP contribution in [0.4, 0.5) is 10.1 Å². The summed E-state index contributed by atoms with van der Waals surface area (Å²) in [5.74, 6) is 0.642. The average Bonchev–Trinajstić information content (AvgIpc) is 3.71. The topological polar surface area (TPSA) is 67.2 Å². The molecule has 41 heavy (non-hydrogen) atoms. The Morgan fingerprint density at radius 1 is 1.10 bits per heavy atom. The first-order valence-electron chi connectivity index (χ1n) is 14.4. The number of hydrogen-bond donors (Lipinski definition) is 1. The second-order valence-corrected chi connectivity index (χ2v) is 11.7. The number of aromatic nitrogens is 2. The van der Waals surface area contributed by atoms with Gasteiger partial charge in [-0.2, -0.15) is 0 Å². The number of anilines is 1. The minimum absolute atomic E-state index is 0.0712. The van der Waals surface area contributed by atoms with E-state index in [1.165, 1.54) is 23.3 Å². The van der Waals surface area contributed by atoms with Gasteiger partial charge in [-0.05, 0) is 78.6 Å². The van der Waals surface area contributed by atoms with E-state index in [4.69, 9.17) is 0 Å². The molecule has 4 atom stereocenters. The Hall–Kier alpha value is -3.62. The van der Waals surface area contributed by atoms with Gasteiger partial charge < -0.3 is 9.47 Å². The fraction of sp³-hybridized carbons (Fsp3) is 0.333. The summed E-state index contributed by atoms with van der Waals surface area (Å²) in [6, 6.07) is 22.1. The molecule has 0 bridgehead atoms. The lowest BCUT2D eigenvalue weighted by Crippen LogP contribution is -2.34. The number of carbonyl (C=O) groups excluding carboxylic acids is 1. The summed E-state index contributed by atoms with van der Waals surface area (Å²) in [4.78, 5) is 20.7. The second-order valence-electron chi connectivity index (χ2n) is 10.4. The van der Waals surface area contributed by atoms with Gasteiger partial charge in [0.15, 0.2) is 0 Å². The zero-order valence-electron chi connectivity index (χ0n) is 23.8. The van der Waals surface area contributed by atoms with Gasteiger partial charge >= 0.3 is 0 Å². The number of aryl methyl sites for hydroxylation is 2. The van der Waals surface area contributed by atoms with E-state index in [2.05, 4.69) is 34.0 Å². The smallest absolute Gasteiger partial charge is 0.231 e. The fourth-order valence-electron chi connectivity index (χ4n) is 5.58. The summed E-state index contributed by atoms with van der Waals surface area (Å²) in [7, 11) is 0.373. The average molecular weight is 573 g/mol. The molecule has 214 valence electrons. The molecule has 0 aliphatic heterocycles. The minimum atomic E-state index is -1.56.